The molecule has 1 aliphatic rings. The summed E-state index contributed by atoms with van der Waals surface area (Å²) in [5.74, 6) is 0.0674. The summed E-state index contributed by atoms with van der Waals surface area (Å²) in [6.45, 7) is 3.13. The number of nitrogens with one attached hydrogen (secondary N) is 1. The molecule has 162 valence electrons. The first-order valence-corrected chi connectivity index (χ1v) is 11.1. The van der Waals surface area contributed by atoms with Crippen molar-refractivity contribution in [3.8, 4) is 0 Å². The van der Waals surface area contributed by atoms with Gasteiger partial charge in [0.05, 0.1) is 10.5 Å². The van der Waals surface area contributed by atoms with E-state index in [1.807, 2.05) is 0 Å². The lowest BCUT2D eigenvalue weighted by Crippen LogP contribution is -2.37. The highest BCUT2D eigenvalue weighted by molar-refractivity contribution is 7.89. The summed E-state index contributed by atoms with van der Waals surface area (Å²) in [4.78, 5) is 12.4. The van der Waals surface area contributed by atoms with Gasteiger partial charge >= 0.3 is 6.18 Å². The van der Waals surface area contributed by atoms with Crippen LogP contribution in [-0.4, -0.2) is 31.7 Å². The average molecular weight is 440 g/mol. The molecule has 1 amide bonds. The van der Waals surface area contributed by atoms with Crippen molar-refractivity contribution in [2.45, 2.75) is 37.4 Å². The van der Waals surface area contributed by atoms with Crippen LogP contribution in [0.5, 0.6) is 0 Å². The van der Waals surface area contributed by atoms with E-state index in [9.17, 15) is 26.4 Å². The molecule has 3 rings (SSSR count). The Labute approximate surface area is 173 Å². The number of piperidine rings is 1. The number of alkyl halides is 3. The van der Waals surface area contributed by atoms with Crippen LogP contribution < -0.4 is 5.32 Å². The van der Waals surface area contributed by atoms with Gasteiger partial charge in [0, 0.05) is 25.2 Å². The first-order chi connectivity index (χ1) is 14.1. The van der Waals surface area contributed by atoms with E-state index in [2.05, 4.69) is 12.2 Å². The Kier molecular flexibility index (Phi) is 6.52. The van der Waals surface area contributed by atoms with Gasteiger partial charge in [0.25, 0.3) is 5.91 Å². The molecular formula is C21H23F3N2O3S. The summed E-state index contributed by atoms with van der Waals surface area (Å²) >= 11 is 0. The quantitative estimate of drug-likeness (QED) is 0.763. The van der Waals surface area contributed by atoms with E-state index in [4.69, 9.17) is 0 Å². The third kappa shape index (κ3) is 5.20. The molecule has 9 heteroatoms. The normalized spacial score (nSPS) is 16.4. The number of sulfonamides is 1. The van der Waals surface area contributed by atoms with Crippen molar-refractivity contribution in [3.63, 3.8) is 0 Å². The maximum atomic E-state index is 12.7. The monoisotopic (exact) mass is 440 g/mol. The zero-order valence-corrected chi connectivity index (χ0v) is 17.3. The van der Waals surface area contributed by atoms with Crippen LogP contribution in [0.1, 0.15) is 41.3 Å². The minimum Gasteiger partial charge on any atom is -0.348 e. The van der Waals surface area contributed by atoms with E-state index < -0.39 is 27.7 Å². The van der Waals surface area contributed by atoms with Crippen LogP contribution in [0.15, 0.2) is 53.4 Å². The molecule has 0 aromatic heterocycles. The molecule has 1 heterocycles. The van der Waals surface area contributed by atoms with Crippen molar-refractivity contribution in [1.29, 1.82) is 0 Å². The van der Waals surface area contributed by atoms with Crippen LogP contribution in [0, 0.1) is 5.92 Å². The van der Waals surface area contributed by atoms with E-state index in [0.29, 0.717) is 24.6 Å². The molecular weight excluding hydrogens is 417 g/mol. The second kappa shape index (κ2) is 8.77. The van der Waals surface area contributed by atoms with Crippen LogP contribution in [0.25, 0.3) is 0 Å². The molecule has 1 saturated heterocycles. The topological polar surface area (TPSA) is 66.5 Å². The standard InChI is InChI=1S/C21H23F3N2O3S/c1-15-10-12-26(13-11-15)30(28,29)19-8-4-17(5-9-19)20(27)25-14-16-2-6-18(7-3-16)21(22,23)24/h2-9,15H,10-14H2,1H3,(H,25,27). The lowest BCUT2D eigenvalue weighted by Gasteiger charge is -2.29. The van der Waals surface area contributed by atoms with Gasteiger partial charge in [-0.25, -0.2) is 8.42 Å². The predicted octanol–water partition coefficient (Wildman–Crippen LogP) is 4.06. The molecule has 0 aliphatic carbocycles. The number of hydrogen-bond acceptors (Lipinski definition) is 3. The maximum Gasteiger partial charge on any atom is 0.416 e. The van der Waals surface area contributed by atoms with Gasteiger partial charge in [-0.05, 0) is 60.7 Å². The summed E-state index contributed by atoms with van der Waals surface area (Å²) in [6, 6.07) is 10.2. The number of halogens is 3. The molecule has 2 aromatic carbocycles. The number of amides is 1. The van der Waals surface area contributed by atoms with Gasteiger partial charge in [0.1, 0.15) is 0 Å². The van der Waals surface area contributed by atoms with E-state index in [1.54, 1.807) is 0 Å². The Morgan fingerprint density at radius 1 is 1.03 bits per heavy atom. The minimum absolute atomic E-state index is 0.0585. The van der Waals surface area contributed by atoms with E-state index in [1.165, 1.54) is 40.7 Å². The van der Waals surface area contributed by atoms with Crippen LogP contribution in [0.3, 0.4) is 0 Å². The van der Waals surface area contributed by atoms with Crippen molar-refractivity contribution in [3.05, 3.63) is 65.2 Å². The summed E-state index contributed by atoms with van der Waals surface area (Å²) in [5.41, 5.74) is 0.0422. The fourth-order valence-electron chi connectivity index (χ4n) is 3.25. The zero-order chi connectivity index (χ0) is 21.9. The first-order valence-electron chi connectivity index (χ1n) is 9.62. The van der Waals surface area contributed by atoms with Crippen molar-refractivity contribution in [2.24, 2.45) is 5.92 Å². The third-order valence-corrected chi connectivity index (χ3v) is 7.14. The van der Waals surface area contributed by atoms with E-state index in [-0.39, 0.29) is 17.0 Å². The Balaban J connectivity index is 1.61. The lowest BCUT2D eigenvalue weighted by molar-refractivity contribution is -0.137. The van der Waals surface area contributed by atoms with Gasteiger partial charge in [-0.15, -0.1) is 0 Å². The molecule has 0 unspecified atom stereocenters. The first kappa shape index (κ1) is 22.3. The SMILES string of the molecule is CC1CCN(S(=O)(=O)c2ccc(C(=O)NCc3ccc(C(F)(F)F)cc3)cc2)CC1. The van der Waals surface area contributed by atoms with E-state index in [0.717, 1.165) is 25.0 Å². The molecule has 30 heavy (non-hydrogen) atoms. The molecule has 2 aromatic rings. The molecule has 0 saturated carbocycles. The van der Waals surface area contributed by atoms with Gasteiger partial charge in [-0.1, -0.05) is 19.1 Å². The number of hydrogen-bond donors (Lipinski definition) is 1. The molecule has 1 fully saturated rings. The summed E-state index contributed by atoms with van der Waals surface area (Å²) in [7, 11) is -3.59. The van der Waals surface area contributed by atoms with Crippen LogP contribution in [0.4, 0.5) is 13.2 Å². The van der Waals surface area contributed by atoms with Gasteiger partial charge in [0.15, 0.2) is 0 Å². The molecule has 0 spiro atoms. The average Bonchev–Trinajstić information content (AvgIpc) is 2.72. The Bertz CT molecular complexity index is 980. The van der Waals surface area contributed by atoms with Crippen LogP contribution >= 0.6 is 0 Å². The van der Waals surface area contributed by atoms with E-state index >= 15 is 0 Å². The molecule has 1 N–H and O–H groups in total. The Morgan fingerprint density at radius 2 is 1.60 bits per heavy atom. The van der Waals surface area contributed by atoms with Crippen molar-refractivity contribution < 1.29 is 26.4 Å². The highest BCUT2D eigenvalue weighted by Gasteiger charge is 2.30. The Morgan fingerprint density at radius 3 is 2.13 bits per heavy atom. The zero-order valence-electron chi connectivity index (χ0n) is 16.4. The Hall–Kier alpha value is -2.39. The van der Waals surface area contributed by atoms with Crippen molar-refractivity contribution >= 4 is 15.9 Å². The molecule has 0 atom stereocenters. The van der Waals surface area contributed by atoms with Crippen LogP contribution in [0.2, 0.25) is 0 Å². The van der Waals surface area contributed by atoms with Crippen molar-refractivity contribution in [1.82, 2.24) is 9.62 Å². The van der Waals surface area contributed by atoms with Gasteiger partial charge in [-0.3, -0.25) is 4.79 Å². The minimum atomic E-state index is -4.41. The molecule has 0 radical (unpaired) electrons. The largest absolute Gasteiger partial charge is 0.416 e. The molecule has 0 bridgehead atoms. The second-order valence-corrected chi connectivity index (χ2v) is 9.43. The van der Waals surface area contributed by atoms with Crippen LogP contribution in [-0.2, 0) is 22.7 Å². The fourth-order valence-corrected chi connectivity index (χ4v) is 4.72. The second-order valence-electron chi connectivity index (χ2n) is 7.49. The summed E-state index contributed by atoms with van der Waals surface area (Å²) < 4.78 is 64.7. The lowest BCUT2D eigenvalue weighted by atomic mass is 10.0. The predicted molar refractivity (Wildman–Crippen MR) is 106 cm³/mol. The number of rotatable bonds is 5. The number of nitrogens with zero attached hydrogens (tertiary/aromatic N) is 1. The summed E-state index contributed by atoms with van der Waals surface area (Å²) in [6.07, 6.45) is -2.76. The summed E-state index contributed by atoms with van der Waals surface area (Å²) in [5, 5.41) is 2.62. The number of carbonyl (C=O) groups is 1. The highest BCUT2D eigenvalue weighted by atomic mass is 32.2. The maximum absolute atomic E-state index is 12.7. The van der Waals surface area contributed by atoms with Gasteiger partial charge in [-0.2, -0.15) is 17.5 Å². The third-order valence-electron chi connectivity index (χ3n) is 5.23. The van der Waals surface area contributed by atoms with Gasteiger partial charge < -0.3 is 5.32 Å². The molecule has 5 nitrogen and oxygen atoms in total. The fraction of sp³-hybridized carbons (Fsp3) is 0.381. The number of benzene rings is 2. The smallest absolute Gasteiger partial charge is 0.348 e. The van der Waals surface area contributed by atoms with Gasteiger partial charge in [0.2, 0.25) is 10.0 Å². The highest BCUT2D eigenvalue weighted by Crippen LogP contribution is 2.29. The number of carbonyl (C=O) groups excluding carboxylic acids is 1. The molecule has 1 aliphatic heterocycles. The van der Waals surface area contributed by atoms with Crippen molar-refractivity contribution in [2.75, 3.05) is 13.1 Å².